The summed E-state index contributed by atoms with van der Waals surface area (Å²) in [5.41, 5.74) is 1.01. The lowest BCUT2D eigenvalue weighted by atomic mass is 10.3. The lowest BCUT2D eigenvalue weighted by Gasteiger charge is -1.99. The second kappa shape index (κ2) is 3.84. The summed E-state index contributed by atoms with van der Waals surface area (Å²) < 4.78 is 7.87. The van der Waals surface area contributed by atoms with Crippen LogP contribution in [0.15, 0.2) is 41.1 Å². The van der Waals surface area contributed by atoms with E-state index in [0.717, 1.165) is 15.9 Å². The van der Waals surface area contributed by atoms with Crippen LogP contribution in [0, 0.1) is 0 Å². The van der Waals surface area contributed by atoms with Gasteiger partial charge in [-0.25, -0.2) is 4.68 Å². The molecule has 0 atom stereocenters. The van der Waals surface area contributed by atoms with Gasteiger partial charge in [0.15, 0.2) is 5.75 Å². The number of methoxy groups -OCH3 is 1. The number of ether oxygens (including phenoxy) is 1. The average Bonchev–Trinajstić information content (AvgIpc) is 2.67. The summed E-state index contributed by atoms with van der Waals surface area (Å²) in [5, 5.41) is 4.16. The maximum absolute atomic E-state index is 5.05. The van der Waals surface area contributed by atoms with Crippen LogP contribution in [0.2, 0.25) is 0 Å². The number of nitrogens with zero attached hydrogens (tertiary/aromatic N) is 2. The maximum Gasteiger partial charge on any atom is 0.157 e. The van der Waals surface area contributed by atoms with Crippen LogP contribution < -0.4 is 4.74 Å². The van der Waals surface area contributed by atoms with E-state index in [1.165, 1.54) is 0 Å². The first-order chi connectivity index (χ1) is 6.79. The molecule has 0 radical (unpaired) electrons. The summed E-state index contributed by atoms with van der Waals surface area (Å²) in [5.74, 6) is 0.757. The summed E-state index contributed by atoms with van der Waals surface area (Å²) >= 11 is 3.38. The lowest BCUT2D eigenvalue weighted by molar-refractivity contribution is 0.414. The Labute approximate surface area is 90.4 Å². The minimum atomic E-state index is 0.757. The molecule has 1 aromatic heterocycles. The van der Waals surface area contributed by atoms with E-state index in [1.54, 1.807) is 18.0 Å². The molecule has 0 fully saturated rings. The van der Waals surface area contributed by atoms with Crippen LogP contribution in [-0.2, 0) is 0 Å². The van der Waals surface area contributed by atoms with Crippen LogP contribution in [-0.4, -0.2) is 16.9 Å². The normalized spacial score (nSPS) is 10.1. The number of rotatable bonds is 2. The van der Waals surface area contributed by atoms with E-state index < -0.39 is 0 Å². The third-order valence-corrected chi connectivity index (χ3v) is 2.41. The van der Waals surface area contributed by atoms with Crippen molar-refractivity contribution in [2.45, 2.75) is 0 Å². The van der Waals surface area contributed by atoms with Gasteiger partial charge < -0.3 is 4.74 Å². The van der Waals surface area contributed by atoms with E-state index in [9.17, 15) is 0 Å². The Bertz CT molecular complexity index is 422. The van der Waals surface area contributed by atoms with E-state index in [2.05, 4.69) is 21.0 Å². The van der Waals surface area contributed by atoms with Crippen molar-refractivity contribution in [2.75, 3.05) is 7.11 Å². The third-order valence-electron chi connectivity index (χ3n) is 1.89. The fraction of sp³-hybridized carbons (Fsp3) is 0.100. The van der Waals surface area contributed by atoms with E-state index in [0.29, 0.717) is 0 Å². The molecule has 0 aliphatic carbocycles. The molecule has 0 N–H and O–H groups in total. The van der Waals surface area contributed by atoms with Gasteiger partial charge in [0.05, 0.1) is 25.2 Å². The maximum atomic E-state index is 5.05. The Morgan fingerprint density at radius 1 is 1.29 bits per heavy atom. The summed E-state index contributed by atoms with van der Waals surface area (Å²) in [7, 11) is 1.63. The van der Waals surface area contributed by atoms with E-state index >= 15 is 0 Å². The summed E-state index contributed by atoms with van der Waals surface area (Å²) in [4.78, 5) is 0. The first-order valence-corrected chi connectivity index (χ1v) is 4.93. The van der Waals surface area contributed by atoms with Crippen molar-refractivity contribution >= 4 is 15.9 Å². The largest absolute Gasteiger partial charge is 0.493 e. The van der Waals surface area contributed by atoms with E-state index in [1.807, 2.05) is 30.5 Å². The molecular weight excluding hydrogens is 244 g/mol. The zero-order chi connectivity index (χ0) is 9.97. The highest BCUT2D eigenvalue weighted by atomic mass is 79.9. The van der Waals surface area contributed by atoms with Crippen LogP contribution in [0.25, 0.3) is 5.69 Å². The van der Waals surface area contributed by atoms with Crippen molar-refractivity contribution in [3.8, 4) is 11.4 Å². The molecule has 14 heavy (non-hydrogen) atoms. The number of hydrogen-bond donors (Lipinski definition) is 0. The SMILES string of the molecule is COc1cnn(-c2ccc(Br)cc2)c1. The van der Waals surface area contributed by atoms with Crippen LogP contribution in [0.4, 0.5) is 0 Å². The molecule has 0 aliphatic rings. The smallest absolute Gasteiger partial charge is 0.157 e. The number of halogens is 1. The number of hydrogen-bond acceptors (Lipinski definition) is 2. The quantitative estimate of drug-likeness (QED) is 0.822. The first kappa shape index (κ1) is 9.27. The minimum Gasteiger partial charge on any atom is -0.493 e. The zero-order valence-electron chi connectivity index (χ0n) is 7.64. The fourth-order valence-electron chi connectivity index (χ4n) is 1.15. The Kier molecular flexibility index (Phi) is 2.54. The first-order valence-electron chi connectivity index (χ1n) is 4.14. The predicted molar refractivity (Wildman–Crippen MR) is 57.8 cm³/mol. The van der Waals surface area contributed by atoms with Crippen molar-refractivity contribution in [1.82, 2.24) is 9.78 Å². The molecule has 0 bridgehead atoms. The van der Waals surface area contributed by atoms with Crippen LogP contribution in [0.5, 0.6) is 5.75 Å². The number of benzene rings is 1. The summed E-state index contributed by atoms with van der Waals surface area (Å²) in [6.07, 6.45) is 3.52. The molecule has 3 nitrogen and oxygen atoms in total. The molecule has 1 heterocycles. The number of aromatic nitrogens is 2. The Morgan fingerprint density at radius 3 is 2.57 bits per heavy atom. The molecule has 1 aromatic carbocycles. The summed E-state index contributed by atoms with van der Waals surface area (Å²) in [6, 6.07) is 7.92. The second-order valence-electron chi connectivity index (χ2n) is 2.80. The molecule has 0 amide bonds. The molecule has 72 valence electrons. The van der Waals surface area contributed by atoms with Gasteiger partial charge in [-0.3, -0.25) is 0 Å². The van der Waals surface area contributed by atoms with E-state index in [4.69, 9.17) is 4.74 Å². The average molecular weight is 253 g/mol. The standard InChI is InChI=1S/C10H9BrN2O/c1-14-10-6-12-13(7-10)9-4-2-8(11)3-5-9/h2-7H,1H3. The monoisotopic (exact) mass is 252 g/mol. The highest BCUT2D eigenvalue weighted by Crippen LogP contribution is 2.15. The van der Waals surface area contributed by atoms with Gasteiger partial charge in [-0.2, -0.15) is 5.10 Å². The van der Waals surface area contributed by atoms with Gasteiger partial charge in [0.1, 0.15) is 0 Å². The Balaban J connectivity index is 2.34. The minimum absolute atomic E-state index is 0.757. The molecule has 4 heteroatoms. The molecule has 0 aliphatic heterocycles. The molecule has 2 rings (SSSR count). The predicted octanol–water partition coefficient (Wildman–Crippen LogP) is 2.64. The van der Waals surface area contributed by atoms with Crippen molar-refractivity contribution in [3.05, 3.63) is 41.1 Å². The molecule has 0 spiro atoms. The molecular formula is C10H9BrN2O. The highest BCUT2D eigenvalue weighted by molar-refractivity contribution is 9.10. The van der Waals surface area contributed by atoms with Gasteiger partial charge in [-0.15, -0.1) is 0 Å². The van der Waals surface area contributed by atoms with Crippen molar-refractivity contribution in [2.24, 2.45) is 0 Å². The van der Waals surface area contributed by atoms with Crippen LogP contribution >= 0.6 is 15.9 Å². The van der Waals surface area contributed by atoms with Crippen molar-refractivity contribution in [1.29, 1.82) is 0 Å². The van der Waals surface area contributed by atoms with Crippen LogP contribution in [0.3, 0.4) is 0 Å². The highest BCUT2D eigenvalue weighted by Gasteiger charge is 1.99. The Hall–Kier alpha value is -1.29. The molecule has 0 saturated carbocycles. The van der Waals surface area contributed by atoms with Gasteiger partial charge in [0.2, 0.25) is 0 Å². The fourth-order valence-corrected chi connectivity index (χ4v) is 1.41. The second-order valence-corrected chi connectivity index (χ2v) is 3.72. The zero-order valence-corrected chi connectivity index (χ0v) is 9.23. The van der Waals surface area contributed by atoms with Gasteiger partial charge >= 0.3 is 0 Å². The van der Waals surface area contributed by atoms with Gasteiger partial charge in [-0.05, 0) is 24.3 Å². The van der Waals surface area contributed by atoms with E-state index in [-0.39, 0.29) is 0 Å². The van der Waals surface area contributed by atoms with Crippen molar-refractivity contribution < 1.29 is 4.74 Å². The van der Waals surface area contributed by atoms with Gasteiger partial charge in [0, 0.05) is 4.47 Å². The topological polar surface area (TPSA) is 27.1 Å². The summed E-state index contributed by atoms with van der Waals surface area (Å²) in [6.45, 7) is 0. The van der Waals surface area contributed by atoms with Crippen molar-refractivity contribution in [3.63, 3.8) is 0 Å². The molecule has 0 saturated heterocycles. The van der Waals surface area contributed by atoms with Crippen LogP contribution in [0.1, 0.15) is 0 Å². The van der Waals surface area contributed by atoms with Gasteiger partial charge in [-0.1, -0.05) is 15.9 Å². The molecule has 0 unspecified atom stereocenters. The third kappa shape index (κ3) is 1.80. The lowest BCUT2D eigenvalue weighted by Crippen LogP contribution is -1.92. The molecule has 2 aromatic rings. The Morgan fingerprint density at radius 2 is 2.00 bits per heavy atom. The van der Waals surface area contributed by atoms with Gasteiger partial charge in [0.25, 0.3) is 0 Å².